The van der Waals surface area contributed by atoms with Gasteiger partial charge in [-0.15, -0.1) is 0 Å². The van der Waals surface area contributed by atoms with Crippen LogP contribution in [0.5, 0.6) is 0 Å². The predicted molar refractivity (Wildman–Crippen MR) is 143 cm³/mol. The molecule has 37 heavy (non-hydrogen) atoms. The molecule has 3 N–H and O–H groups in total. The number of anilines is 2. The highest BCUT2D eigenvalue weighted by Gasteiger charge is 2.21. The van der Waals surface area contributed by atoms with Crippen LogP contribution in [0.25, 0.3) is 28.2 Å². The highest BCUT2D eigenvalue weighted by atomic mass is 16.6. The first-order valence-corrected chi connectivity index (χ1v) is 12.3. The second kappa shape index (κ2) is 10.1. The zero-order chi connectivity index (χ0) is 26.0. The van der Waals surface area contributed by atoms with Crippen molar-refractivity contribution in [3.05, 3.63) is 60.3 Å². The molecule has 0 aliphatic carbocycles. The molecular formula is C27H31N7O3. The van der Waals surface area contributed by atoms with Crippen molar-refractivity contribution in [3.63, 3.8) is 0 Å². The highest BCUT2D eigenvalue weighted by molar-refractivity contribution is 5.84. The highest BCUT2D eigenvalue weighted by Crippen LogP contribution is 2.31. The number of nitrogens with zero attached hydrogens (tertiary/aromatic N) is 5. The molecule has 1 aliphatic rings. The zero-order valence-corrected chi connectivity index (χ0v) is 21.3. The van der Waals surface area contributed by atoms with E-state index in [2.05, 4.69) is 15.2 Å². The average molecular weight is 502 g/mol. The van der Waals surface area contributed by atoms with Gasteiger partial charge in [-0.3, -0.25) is 4.57 Å². The molecule has 0 spiro atoms. The molecule has 10 heteroatoms. The first kappa shape index (κ1) is 24.5. The lowest BCUT2D eigenvalue weighted by Crippen LogP contribution is -2.36. The number of rotatable bonds is 5. The van der Waals surface area contributed by atoms with Crippen LogP contribution in [-0.4, -0.2) is 57.5 Å². The Morgan fingerprint density at radius 2 is 1.84 bits per heavy atom. The van der Waals surface area contributed by atoms with E-state index in [1.165, 1.54) is 0 Å². The number of nitrogens with one attached hydrogen (secondary N) is 1. The van der Waals surface area contributed by atoms with Gasteiger partial charge < -0.3 is 25.4 Å². The smallest absolute Gasteiger partial charge is 0.407 e. The maximum absolute atomic E-state index is 12.0. The van der Waals surface area contributed by atoms with Crippen molar-refractivity contribution >= 4 is 28.9 Å². The Hall–Kier alpha value is -4.18. The number of nitrogens with two attached hydrogens (primary N) is 1. The summed E-state index contributed by atoms with van der Waals surface area (Å²) in [5, 5.41) is 2.79. The molecule has 0 atom stereocenters. The number of alkyl carbamates (subject to hydrolysis) is 1. The Bertz CT molecular complexity index is 1400. The SMILES string of the molecule is CC(C)(C)OC(=O)NCc1ccc(-n2c(-c3cccnc3N)nc3ccc(N4CCOCC4)nc32)cc1. The van der Waals surface area contributed by atoms with Gasteiger partial charge in [-0.1, -0.05) is 12.1 Å². The summed E-state index contributed by atoms with van der Waals surface area (Å²) in [6, 6.07) is 15.6. The average Bonchev–Trinajstić information content (AvgIpc) is 3.26. The van der Waals surface area contributed by atoms with E-state index >= 15 is 0 Å². The van der Waals surface area contributed by atoms with E-state index < -0.39 is 11.7 Å². The number of imidazole rings is 1. The second-order valence-electron chi connectivity index (χ2n) is 9.84. The normalized spacial score (nSPS) is 14.1. The Labute approximate surface area is 215 Å². The van der Waals surface area contributed by atoms with Gasteiger partial charge in [0.2, 0.25) is 0 Å². The predicted octanol–water partition coefficient (Wildman–Crippen LogP) is 3.93. The maximum atomic E-state index is 12.0. The third kappa shape index (κ3) is 5.49. The standard InChI is InChI=1S/C27H31N7O3/c1-27(2,3)37-26(35)30-17-18-6-8-19(9-7-18)34-24(20-5-4-12-29-23(20)28)31-21-10-11-22(32-25(21)34)33-13-15-36-16-14-33/h4-12H,13-17H2,1-3H3,(H2,28,29)(H,30,35). The van der Waals surface area contributed by atoms with Crippen molar-refractivity contribution in [1.82, 2.24) is 24.8 Å². The number of morpholine rings is 1. The van der Waals surface area contributed by atoms with Crippen LogP contribution in [0.3, 0.4) is 0 Å². The minimum Gasteiger partial charge on any atom is -0.444 e. The van der Waals surface area contributed by atoms with Gasteiger partial charge in [-0.25, -0.2) is 19.7 Å². The summed E-state index contributed by atoms with van der Waals surface area (Å²) in [5.74, 6) is 1.93. The molecule has 192 valence electrons. The number of pyridine rings is 2. The lowest BCUT2D eigenvalue weighted by molar-refractivity contribution is 0.0523. The van der Waals surface area contributed by atoms with Crippen LogP contribution in [0.15, 0.2) is 54.7 Å². The zero-order valence-electron chi connectivity index (χ0n) is 21.3. The summed E-state index contributed by atoms with van der Waals surface area (Å²) >= 11 is 0. The summed E-state index contributed by atoms with van der Waals surface area (Å²) in [6.45, 7) is 8.78. The van der Waals surface area contributed by atoms with Crippen molar-refractivity contribution < 1.29 is 14.3 Å². The molecule has 0 unspecified atom stereocenters. The number of carbonyl (C=O) groups excluding carboxylic acids is 1. The number of aromatic nitrogens is 4. The largest absolute Gasteiger partial charge is 0.444 e. The number of amides is 1. The number of nitrogen functional groups attached to an aromatic ring is 1. The summed E-state index contributed by atoms with van der Waals surface area (Å²) in [5.41, 5.74) is 9.71. The fourth-order valence-corrected chi connectivity index (χ4v) is 4.20. The van der Waals surface area contributed by atoms with Crippen LogP contribution in [0.2, 0.25) is 0 Å². The number of hydrogen-bond donors (Lipinski definition) is 2. The lowest BCUT2D eigenvalue weighted by Gasteiger charge is -2.27. The number of carbonyl (C=O) groups is 1. The van der Waals surface area contributed by atoms with E-state index in [9.17, 15) is 4.79 Å². The number of benzene rings is 1. The molecular weight excluding hydrogens is 470 g/mol. The molecule has 0 bridgehead atoms. The summed E-state index contributed by atoms with van der Waals surface area (Å²) in [4.78, 5) is 28.4. The van der Waals surface area contributed by atoms with Crippen molar-refractivity contribution in [2.45, 2.75) is 32.9 Å². The van der Waals surface area contributed by atoms with Crippen molar-refractivity contribution in [2.24, 2.45) is 0 Å². The van der Waals surface area contributed by atoms with Gasteiger partial charge in [0.05, 0.1) is 18.8 Å². The van der Waals surface area contributed by atoms with Gasteiger partial charge in [0.15, 0.2) is 11.5 Å². The molecule has 4 heterocycles. The third-order valence-electron chi connectivity index (χ3n) is 5.93. The molecule has 1 fully saturated rings. The molecule has 1 saturated heterocycles. The number of ether oxygens (including phenoxy) is 2. The van der Waals surface area contributed by atoms with Crippen molar-refractivity contribution in [2.75, 3.05) is 36.9 Å². The summed E-state index contributed by atoms with van der Waals surface area (Å²) < 4.78 is 12.8. The molecule has 5 rings (SSSR count). The van der Waals surface area contributed by atoms with Crippen LogP contribution >= 0.6 is 0 Å². The molecule has 4 aromatic rings. The molecule has 3 aromatic heterocycles. The van der Waals surface area contributed by atoms with Gasteiger partial charge in [0.25, 0.3) is 0 Å². The quantitative estimate of drug-likeness (QED) is 0.422. The third-order valence-corrected chi connectivity index (χ3v) is 5.93. The van der Waals surface area contributed by atoms with Crippen LogP contribution < -0.4 is 16.0 Å². The van der Waals surface area contributed by atoms with Crippen molar-refractivity contribution in [1.29, 1.82) is 0 Å². The molecule has 1 aromatic carbocycles. The van der Waals surface area contributed by atoms with Gasteiger partial charge >= 0.3 is 6.09 Å². The number of hydrogen-bond acceptors (Lipinski definition) is 8. The molecule has 10 nitrogen and oxygen atoms in total. The Morgan fingerprint density at radius 1 is 1.08 bits per heavy atom. The topological polar surface area (TPSA) is 120 Å². The molecule has 0 radical (unpaired) electrons. The molecule has 0 saturated carbocycles. The van der Waals surface area contributed by atoms with E-state index in [-0.39, 0.29) is 0 Å². The Morgan fingerprint density at radius 3 is 2.54 bits per heavy atom. The minimum atomic E-state index is -0.548. The first-order chi connectivity index (χ1) is 17.8. The van der Waals surface area contributed by atoms with Gasteiger partial charge in [0.1, 0.15) is 22.8 Å². The minimum absolute atomic E-state index is 0.349. The Balaban J connectivity index is 1.51. The summed E-state index contributed by atoms with van der Waals surface area (Å²) in [7, 11) is 0. The van der Waals surface area contributed by atoms with E-state index in [0.717, 1.165) is 46.9 Å². The van der Waals surface area contributed by atoms with E-state index in [1.54, 1.807) is 6.20 Å². The maximum Gasteiger partial charge on any atom is 0.407 e. The van der Waals surface area contributed by atoms with Crippen LogP contribution in [-0.2, 0) is 16.0 Å². The van der Waals surface area contributed by atoms with Gasteiger partial charge in [0, 0.05) is 31.5 Å². The van der Waals surface area contributed by atoms with Crippen LogP contribution in [0.1, 0.15) is 26.3 Å². The molecule has 1 amide bonds. The van der Waals surface area contributed by atoms with Gasteiger partial charge in [-0.2, -0.15) is 0 Å². The summed E-state index contributed by atoms with van der Waals surface area (Å²) in [6.07, 6.45) is 1.21. The Kier molecular flexibility index (Phi) is 6.66. The van der Waals surface area contributed by atoms with Crippen LogP contribution in [0, 0.1) is 0 Å². The van der Waals surface area contributed by atoms with E-state index in [1.807, 2.05) is 73.9 Å². The van der Waals surface area contributed by atoms with Crippen molar-refractivity contribution in [3.8, 4) is 17.1 Å². The van der Waals surface area contributed by atoms with Gasteiger partial charge in [-0.05, 0) is 62.7 Å². The lowest BCUT2D eigenvalue weighted by atomic mass is 10.2. The van der Waals surface area contributed by atoms with Crippen LogP contribution in [0.4, 0.5) is 16.4 Å². The fraction of sp³-hybridized carbons (Fsp3) is 0.333. The van der Waals surface area contributed by atoms with E-state index in [0.29, 0.717) is 31.4 Å². The molecule has 1 aliphatic heterocycles. The second-order valence-corrected chi connectivity index (χ2v) is 9.84. The fourth-order valence-electron chi connectivity index (χ4n) is 4.20. The first-order valence-electron chi connectivity index (χ1n) is 12.3. The van der Waals surface area contributed by atoms with E-state index in [4.69, 9.17) is 25.2 Å². The monoisotopic (exact) mass is 501 g/mol. The number of fused-ring (bicyclic) bond motifs is 1.